The molecule has 22 heavy (non-hydrogen) atoms. The third-order valence-electron chi connectivity index (χ3n) is 5.65. The van der Waals surface area contributed by atoms with Crippen molar-refractivity contribution in [1.29, 1.82) is 0 Å². The van der Waals surface area contributed by atoms with Gasteiger partial charge in [-0.15, -0.1) is 0 Å². The fourth-order valence-corrected chi connectivity index (χ4v) is 6.10. The number of hydrogen-bond acceptors (Lipinski definition) is 4. The van der Waals surface area contributed by atoms with Crippen molar-refractivity contribution >= 4 is 10.0 Å². The fourth-order valence-electron chi connectivity index (χ4n) is 4.33. The van der Waals surface area contributed by atoms with Crippen LogP contribution in [0.3, 0.4) is 0 Å². The summed E-state index contributed by atoms with van der Waals surface area (Å²) >= 11 is 0. The van der Waals surface area contributed by atoms with Gasteiger partial charge in [0.2, 0.25) is 10.0 Å². The lowest BCUT2D eigenvalue weighted by Crippen LogP contribution is -2.50. The highest BCUT2D eigenvalue weighted by Gasteiger charge is 2.36. The molecule has 2 saturated heterocycles. The van der Waals surface area contributed by atoms with Crippen LogP contribution < -0.4 is 10.0 Å². The van der Waals surface area contributed by atoms with Crippen LogP contribution in [0, 0.1) is 5.41 Å². The van der Waals surface area contributed by atoms with Crippen LogP contribution in [-0.2, 0) is 10.0 Å². The van der Waals surface area contributed by atoms with Gasteiger partial charge in [-0.25, -0.2) is 13.1 Å². The molecule has 0 aromatic heterocycles. The molecule has 2 heterocycles. The Bertz CT molecular complexity index is 468. The Hall–Kier alpha value is -0.170. The van der Waals surface area contributed by atoms with E-state index in [1.165, 1.54) is 6.42 Å². The van der Waals surface area contributed by atoms with Gasteiger partial charge in [0, 0.05) is 25.7 Å². The van der Waals surface area contributed by atoms with E-state index in [9.17, 15) is 8.42 Å². The summed E-state index contributed by atoms with van der Waals surface area (Å²) in [6.45, 7) is 7.25. The van der Waals surface area contributed by atoms with Gasteiger partial charge >= 0.3 is 0 Å². The molecule has 0 aromatic carbocycles. The first kappa shape index (κ1) is 16.7. The molecule has 1 saturated carbocycles. The van der Waals surface area contributed by atoms with Crippen molar-refractivity contribution in [2.75, 3.05) is 32.7 Å². The molecule has 0 bridgehead atoms. The highest BCUT2D eigenvalue weighted by Crippen LogP contribution is 2.28. The summed E-state index contributed by atoms with van der Waals surface area (Å²) in [5.41, 5.74) is 0.310. The number of piperidine rings is 1. The van der Waals surface area contributed by atoms with Crippen LogP contribution in [0.15, 0.2) is 0 Å². The number of nitrogens with one attached hydrogen (secondary N) is 2. The lowest BCUT2D eigenvalue weighted by atomic mass is 9.88. The topological polar surface area (TPSA) is 61.4 Å². The minimum atomic E-state index is -3.16. The van der Waals surface area contributed by atoms with Gasteiger partial charge in [0.05, 0.1) is 5.25 Å². The number of likely N-dealkylation sites (tertiary alicyclic amines) is 1. The van der Waals surface area contributed by atoms with Gasteiger partial charge in [0.25, 0.3) is 0 Å². The highest BCUT2D eigenvalue weighted by molar-refractivity contribution is 7.90. The summed E-state index contributed by atoms with van der Waals surface area (Å²) in [6, 6.07) is 0.192. The van der Waals surface area contributed by atoms with E-state index in [1.54, 1.807) is 0 Å². The van der Waals surface area contributed by atoms with E-state index >= 15 is 0 Å². The van der Waals surface area contributed by atoms with Crippen molar-refractivity contribution in [2.24, 2.45) is 5.41 Å². The minimum Gasteiger partial charge on any atom is -0.316 e. The van der Waals surface area contributed by atoms with Crippen LogP contribution >= 0.6 is 0 Å². The maximum Gasteiger partial charge on any atom is 0.215 e. The molecule has 0 radical (unpaired) electrons. The number of sulfonamides is 1. The average Bonchev–Trinajstić information content (AvgIpc) is 3.11. The molecule has 128 valence electrons. The van der Waals surface area contributed by atoms with Gasteiger partial charge in [-0.05, 0) is 50.6 Å². The molecular formula is C16H31N3O2S. The molecule has 0 aromatic rings. The fraction of sp³-hybridized carbons (Fsp3) is 1.00. The molecule has 2 atom stereocenters. The van der Waals surface area contributed by atoms with Gasteiger partial charge in [0.1, 0.15) is 0 Å². The zero-order chi connectivity index (χ0) is 15.6. The first-order valence-electron chi connectivity index (χ1n) is 8.91. The zero-order valence-electron chi connectivity index (χ0n) is 13.8. The molecule has 3 aliphatic rings. The highest BCUT2D eigenvalue weighted by atomic mass is 32.2. The predicted molar refractivity (Wildman–Crippen MR) is 89.4 cm³/mol. The van der Waals surface area contributed by atoms with Crippen molar-refractivity contribution in [2.45, 2.75) is 63.2 Å². The van der Waals surface area contributed by atoms with Gasteiger partial charge in [-0.1, -0.05) is 19.8 Å². The molecular weight excluding hydrogens is 298 g/mol. The summed E-state index contributed by atoms with van der Waals surface area (Å²) in [5, 5.41) is 3.21. The summed E-state index contributed by atoms with van der Waals surface area (Å²) in [5.74, 6) is 0. The van der Waals surface area contributed by atoms with Crippen LogP contribution in [0.1, 0.15) is 51.9 Å². The monoisotopic (exact) mass is 329 g/mol. The molecule has 3 fully saturated rings. The van der Waals surface area contributed by atoms with Crippen LogP contribution in [0.25, 0.3) is 0 Å². The normalized spacial score (nSPS) is 35.2. The third-order valence-corrected chi connectivity index (χ3v) is 7.57. The Morgan fingerprint density at radius 2 is 2.00 bits per heavy atom. The Labute approximate surface area is 135 Å². The van der Waals surface area contributed by atoms with E-state index in [0.717, 1.165) is 64.7 Å². The van der Waals surface area contributed by atoms with Crippen LogP contribution in [-0.4, -0.2) is 57.3 Å². The van der Waals surface area contributed by atoms with E-state index in [0.29, 0.717) is 12.0 Å². The van der Waals surface area contributed by atoms with E-state index in [4.69, 9.17) is 0 Å². The maximum absolute atomic E-state index is 12.7. The van der Waals surface area contributed by atoms with Crippen molar-refractivity contribution in [3.05, 3.63) is 0 Å². The second kappa shape index (κ2) is 6.75. The Balaban J connectivity index is 1.57. The second-order valence-corrected chi connectivity index (χ2v) is 9.87. The van der Waals surface area contributed by atoms with E-state index in [-0.39, 0.29) is 11.3 Å². The summed E-state index contributed by atoms with van der Waals surface area (Å²) in [6.07, 6.45) is 7.36. The largest absolute Gasteiger partial charge is 0.316 e. The van der Waals surface area contributed by atoms with Crippen molar-refractivity contribution in [3.8, 4) is 0 Å². The van der Waals surface area contributed by atoms with Gasteiger partial charge in [0.15, 0.2) is 0 Å². The molecule has 0 amide bonds. The van der Waals surface area contributed by atoms with Gasteiger partial charge in [-0.3, -0.25) is 0 Å². The van der Waals surface area contributed by atoms with E-state index < -0.39 is 10.0 Å². The first-order chi connectivity index (χ1) is 10.5. The minimum absolute atomic E-state index is 0.192. The maximum atomic E-state index is 12.7. The molecule has 5 nitrogen and oxygen atoms in total. The molecule has 3 rings (SSSR count). The SMILES string of the molecule is CC1(CN2CCCC(S(=O)(=O)NC3CCCC3)C2)CCNC1. The first-order valence-corrected chi connectivity index (χ1v) is 10.5. The number of nitrogens with zero attached hydrogens (tertiary/aromatic N) is 1. The zero-order valence-corrected chi connectivity index (χ0v) is 14.6. The Morgan fingerprint density at radius 3 is 2.68 bits per heavy atom. The summed E-state index contributed by atoms with van der Waals surface area (Å²) < 4.78 is 28.3. The molecule has 0 spiro atoms. The third kappa shape index (κ3) is 4.02. The van der Waals surface area contributed by atoms with Crippen molar-refractivity contribution in [1.82, 2.24) is 14.9 Å². The standard InChI is InChI=1S/C16H31N3O2S/c1-16(8-9-17-12-16)13-19-10-4-7-15(11-19)22(20,21)18-14-5-2-3-6-14/h14-15,17-18H,2-13H2,1H3. The number of hydrogen-bond donors (Lipinski definition) is 2. The molecule has 2 aliphatic heterocycles. The predicted octanol–water partition coefficient (Wildman–Crippen LogP) is 1.31. The summed E-state index contributed by atoms with van der Waals surface area (Å²) in [7, 11) is -3.16. The average molecular weight is 330 g/mol. The lowest BCUT2D eigenvalue weighted by Gasteiger charge is -2.37. The Morgan fingerprint density at radius 1 is 1.23 bits per heavy atom. The van der Waals surface area contributed by atoms with E-state index in [1.807, 2.05) is 0 Å². The molecule has 2 N–H and O–H groups in total. The van der Waals surface area contributed by atoms with Crippen molar-refractivity contribution in [3.63, 3.8) is 0 Å². The van der Waals surface area contributed by atoms with E-state index in [2.05, 4.69) is 21.9 Å². The number of rotatable bonds is 5. The lowest BCUT2D eigenvalue weighted by molar-refractivity contribution is 0.154. The smallest absolute Gasteiger partial charge is 0.215 e. The molecule has 6 heteroatoms. The Kier molecular flexibility index (Phi) is 5.12. The van der Waals surface area contributed by atoms with Crippen LogP contribution in [0.2, 0.25) is 0 Å². The quantitative estimate of drug-likeness (QED) is 0.798. The van der Waals surface area contributed by atoms with Gasteiger partial charge in [-0.2, -0.15) is 0 Å². The van der Waals surface area contributed by atoms with Crippen molar-refractivity contribution < 1.29 is 8.42 Å². The van der Waals surface area contributed by atoms with Crippen LogP contribution in [0.5, 0.6) is 0 Å². The van der Waals surface area contributed by atoms with Gasteiger partial charge < -0.3 is 10.2 Å². The molecule has 1 aliphatic carbocycles. The molecule has 2 unspecified atom stereocenters. The second-order valence-electron chi connectivity index (χ2n) is 7.88. The van der Waals surface area contributed by atoms with Crippen LogP contribution in [0.4, 0.5) is 0 Å². The summed E-state index contributed by atoms with van der Waals surface area (Å²) in [4.78, 5) is 2.38.